The number of benzene rings is 1. The van der Waals surface area contributed by atoms with Crippen molar-refractivity contribution >= 4 is 17.7 Å². The van der Waals surface area contributed by atoms with Crippen LogP contribution in [0.5, 0.6) is 0 Å². The summed E-state index contributed by atoms with van der Waals surface area (Å²) in [5.41, 5.74) is 0. The van der Waals surface area contributed by atoms with Crippen molar-refractivity contribution in [2.24, 2.45) is 0 Å². The van der Waals surface area contributed by atoms with E-state index in [2.05, 4.69) is 17.4 Å². The fraction of sp³-hybridized carbons (Fsp3) is 0.533. The summed E-state index contributed by atoms with van der Waals surface area (Å²) in [7, 11) is 0. The van der Waals surface area contributed by atoms with E-state index in [-0.39, 0.29) is 11.2 Å². The van der Waals surface area contributed by atoms with Crippen molar-refractivity contribution in [3.63, 3.8) is 0 Å². The normalized spacial score (nSPS) is 18.3. The van der Waals surface area contributed by atoms with E-state index in [0.717, 1.165) is 17.7 Å². The highest BCUT2D eigenvalue weighted by molar-refractivity contribution is 8.00. The summed E-state index contributed by atoms with van der Waals surface area (Å²) < 4.78 is 0. The third kappa shape index (κ3) is 4.05. The maximum Gasteiger partial charge on any atom is 0.233 e. The van der Waals surface area contributed by atoms with Crippen molar-refractivity contribution in [1.29, 1.82) is 0 Å². The molecular weight excluding hydrogens is 242 g/mol. The van der Waals surface area contributed by atoms with Crippen LogP contribution in [0.15, 0.2) is 35.2 Å². The van der Waals surface area contributed by atoms with Gasteiger partial charge in [0.25, 0.3) is 0 Å². The zero-order valence-corrected chi connectivity index (χ0v) is 11.7. The molecule has 0 saturated heterocycles. The topological polar surface area (TPSA) is 29.1 Å². The third-order valence-electron chi connectivity index (χ3n) is 3.38. The Balaban J connectivity index is 1.81. The first-order valence-corrected chi connectivity index (χ1v) is 7.66. The van der Waals surface area contributed by atoms with Crippen LogP contribution in [0.2, 0.25) is 0 Å². The van der Waals surface area contributed by atoms with E-state index in [1.807, 2.05) is 25.1 Å². The smallest absolute Gasteiger partial charge is 0.233 e. The largest absolute Gasteiger partial charge is 0.352 e. The first-order chi connectivity index (χ1) is 8.75. The summed E-state index contributed by atoms with van der Waals surface area (Å²) in [5.74, 6) is 0.177. The number of carbonyl (C=O) groups excluding carboxylic acids is 1. The minimum Gasteiger partial charge on any atom is -0.352 e. The van der Waals surface area contributed by atoms with Crippen molar-refractivity contribution in [2.45, 2.75) is 55.2 Å². The molecule has 3 heteroatoms. The van der Waals surface area contributed by atoms with Crippen LogP contribution in [0.3, 0.4) is 0 Å². The van der Waals surface area contributed by atoms with Gasteiger partial charge in [-0.3, -0.25) is 4.79 Å². The monoisotopic (exact) mass is 263 g/mol. The highest BCUT2D eigenvalue weighted by Gasteiger charge is 2.20. The van der Waals surface area contributed by atoms with Gasteiger partial charge in [0.1, 0.15) is 0 Å². The molecule has 1 amide bonds. The summed E-state index contributed by atoms with van der Waals surface area (Å²) in [6.45, 7) is 1.98. The lowest BCUT2D eigenvalue weighted by molar-refractivity contribution is -0.121. The first kappa shape index (κ1) is 13.5. The van der Waals surface area contributed by atoms with Gasteiger partial charge >= 0.3 is 0 Å². The molecular formula is C15H21NOS. The van der Waals surface area contributed by atoms with Crippen molar-refractivity contribution in [2.75, 3.05) is 0 Å². The fourth-order valence-corrected chi connectivity index (χ4v) is 3.22. The standard InChI is InChI=1S/C15H21NOS/c1-12(18-14-10-6-3-7-11-14)15(17)16-13-8-4-2-5-9-13/h3,6-7,10-13H,2,4-5,8-9H2,1H3,(H,16,17)/t12-/m0/s1. The molecule has 0 aliphatic heterocycles. The molecule has 0 radical (unpaired) electrons. The average molecular weight is 263 g/mol. The highest BCUT2D eigenvalue weighted by atomic mass is 32.2. The van der Waals surface area contributed by atoms with E-state index in [1.54, 1.807) is 11.8 Å². The van der Waals surface area contributed by atoms with Crippen molar-refractivity contribution in [3.8, 4) is 0 Å². The molecule has 1 aromatic carbocycles. The van der Waals surface area contributed by atoms with Crippen LogP contribution in [0.1, 0.15) is 39.0 Å². The summed E-state index contributed by atoms with van der Waals surface area (Å²) in [6, 6.07) is 10.5. The number of rotatable bonds is 4. The van der Waals surface area contributed by atoms with Crippen molar-refractivity contribution in [3.05, 3.63) is 30.3 Å². The van der Waals surface area contributed by atoms with E-state index in [1.165, 1.54) is 19.3 Å². The molecule has 0 heterocycles. The molecule has 2 rings (SSSR count). The summed E-state index contributed by atoms with van der Waals surface area (Å²) in [4.78, 5) is 13.2. The number of carbonyl (C=O) groups is 1. The fourth-order valence-electron chi connectivity index (χ4n) is 2.32. The SMILES string of the molecule is C[C@H](Sc1ccccc1)C(=O)NC1CCCCC1. The van der Waals surface area contributed by atoms with Gasteiger partial charge in [-0.05, 0) is 31.9 Å². The van der Waals surface area contributed by atoms with Gasteiger partial charge in [0.2, 0.25) is 5.91 Å². The Morgan fingerprint density at radius 3 is 2.56 bits per heavy atom. The van der Waals surface area contributed by atoms with Crippen LogP contribution >= 0.6 is 11.8 Å². The van der Waals surface area contributed by atoms with Gasteiger partial charge in [0.15, 0.2) is 0 Å². The number of hydrogen-bond acceptors (Lipinski definition) is 2. The quantitative estimate of drug-likeness (QED) is 0.841. The molecule has 98 valence electrons. The van der Waals surface area contributed by atoms with E-state index in [0.29, 0.717) is 6.04 Å². The Labute approximate surface area is 114 Å². The van der Waals surface area contributed by atoms with Gasteiger partial charge in [0.05, 0.1) is 5.25 Å². The van der Waals surface area contributed by atoms with Crippen molar-refractivity contribution < 1.29 is 4.79 Å². The van der Waals surface area contributed by atoms with Crippen LogP contribution in [0.25, 0.3) is 0 Å². The second kappa shape index (κ2) is 6.83. The van der Waals surface area contributed by atoms with Crippen LogP contribution in [-0.2, 0) is 4.79 Å². The lowest BCUT2D eigenvalue weighted by atomic mass is 9.95. The Bertz CT molecular complexity index is 373. The molecule has 2 nitrogen and oxygen atoms in total. The Hall–Kier alpha value is -0.960. The Morgan fingerprint density at radius 2 is 1.89 bits per heavy atom. The molecule has 0 spiro atoms. The lowest BCUT2D eigenvalue weighted by Crippen LogP contribution is -2.40. The highest BCUT2D eigenvalue weighted by Crippen LogP contribution is 2.23. The molecule has 1 atom stereocenters. The van der Waals surface area contributed by atoms with E-state index < -0.39 is 0 Å². The number of amides is 1. The van der Waals surface area contributed by atoms with E-state index in [4.69, 9.17) is 0 Å². The summed E-state index contributed by atoms with van der Waals surface area (Å²) in [5, 5.41) is 3.16. The van der Waals surface area contributed by atoms with Gasteiger partial charge < -0.3 is 5.32 Å². The zero-order valence-electron chi connectivity index (χ0n) is 10.9. The average Bonchev–Trinajstić information content (AvgIpc) is 2.41. The minimum atomic E-state index is -0.0191. The van der Waals surface area contributed by atoms with Gasteiger partial charge in [-0.15, -0.1) is 11.8 Å². The van der Waals surface area contributed by atoms with Crippen LogP contribution in [0.4, 0.5) is 0 Å². The molecule has 0 unspecified atom stereocenters. The zero-order chi connectivity index (χ0) is 12.8. The van der Waals surface area contributed by atoms with Crippen LogP contribution in [-0.4, -0.2) is 17.2 Å². The maximum absolute atomic E-state index is 12.1. The summed E-state index contributed by atoms with van der Waals surface area (Å²) in [6.07, 6.45) is 6.12. The molecule has 1 aromatic rings. The number of hydrogen-bond donors (Lipinski definition) is 1. The molecule has 1 aliphatic carbocycles. The number of nitrogens with one attached hydrogen (secondary N) is 1. The molecule has 1 aliphatic rings. The lowest BCUT2D eigenvalue weighted by Gasteiger charge is -2.24. The van der Waals surface area contributed by atoms with Gasteiger partial charge in [-0.1, -0.05) is 37.5 Å². The number of thioether (sulfide) groups is 1. The van der Waals surface area contributed by atoms with Gasteiger partial charge in [0, 0.05) is 10.9 Å². The van der Waals surface area contributed by atoms with Gasteiger partial charge in [-0.2, -0.15) is 0 Å². The molecule has 0 aromatic heterocycles. The van der Waals surface area contributed by atoms with Crippen LogP contribution in [0, 0.1) is 0 Å². The first-order valence-electron chi connectivity index (χ1n) is 6.78. The molecule has 1 fully saturated rings. The Kier molecular flexibility index (Phi) is 5.12. The summed E-state index contributed by atoms with van der Waals surface area (Å²) >= 11 is 1.63. The van der Waals surface area contributed by atoms with Crippen molar-refractivity contribution in [1.82, 2.24) is 5.32 Å². The predicted molar refractivity (Wildman–Crippen MR) is 76.8 cm³/mol. The molecule has 1 N–H and O–H groups in total. The predicted octanol–water partition coefficient (Wildman–Crippen LogP) is 3.62. The second-order valence-electron chi connectivity index (χ2n) is 4.92. The maximum atomic E-state index is 12.1. The third-order valence-corrected chi connectivity index (χ3v) is 4.49. The Morgan fingerprint density at radius 1 is 1.22 bits per heavy atom. The van der Waals surface area contributed by atoms with E-state index >= 15 is 0 Å². The molecule has 0 bridgehead atoms. The van der Waals surface area contributed by atoms with E-state index in [9.17, 15) is 4.79 Å². The van der Waals surface area contributed by atoms with Crippen LogP contribution < -0.4 is 5.32 Å². The van der Waals surface area contributed by atoms with Gasteiger partial charge in [-0.25, -0.2) is 0 Å². The minimum absolute atomic E-state index is 0.0191. The molecule has 1 saturated carbocycles. The molecule has 18 heavy (non-hydrogen) atoms. The second-order valence-corrected chi connectivity index (χ2v) is 6.33.